The molecule has 3 aromatic rings. The molecule has 1 unspecified atom stereocenters. The van der Waals surface area contributed by atoms with Crippen LogP contribution in [0.5, 0.6) is 0 Å². The van der Waals surface area contributed by atoms with Gasteiger partial charge in [0.25, 0.3) is 5.89 Å². The van der Waals surface area contributed by atoms with Crippen LogP contribution in [-0.4, -0.2) is 40.7 Å². The van der Waals surface area contributed by atoms with Gasteiger partial charge in [0.05, 0.1) is 6.54 Å². The number of nitrogens with zero attached hydrogens (tertiary/aromatic N) is 4. The van der Waals surface area contributed by atoms with Crippen molar-refractivity contribution in [1.82, 2.24) is 25.8 Å². The first-order valence-corrected chi connectivity index (χ1v) is 9.93. The molecule has 7 nitrogen and oxygen atoms in total. The molecule has 150 valence electrons. The van der Waals surface area contributed by atoms with E-state index in [0.717, 1.165) is 19.0 Å². The van der Waals surface area contributed by atoms with Crippen LogP contribution < -0.4 is 10.6 Å². The summed E-state index contributed by atoms with van der Waals surface area (Å²) >= 11 is 1.77. The first-order chi connectivity index (χ1) is 13.3. The van der Waals surface area contributed by atoms with E-state index in [9.17, 15) is 0 Å². The lowest BCUT2D eigenvalue weighted by atomic mass is 10.1. The van der Waals surface area contributed by atoms with Crippen LogP contribution in [-0.2, 0) is 6.42 Å². The average molecular weight is 512 g/mol. The Morgan fingerprint density at radius 1 is 1.25 bits per heavy atom. The highest BCUT2D eigenvalue weighted by Gasteiger charge is 2.10. The van der Waals surface area contributed by atoms with E-state index in [1.54, 1.807) is 17.5 Å². The zero-order chi connectivity index (χ0) is 18.9. The molecule has 3 rings (SSSR count). The second-order valence-corrected chi connectivity index (χ2v) is 7.02. The van der Waals surface area contributed by atoms with Gasteiger partial charge in [-0.2, -0.15) is 4.98 Å². The number of hydrogen-bond acceptors (Lipinski definition) is 6. The van der Waals surface area contributed by atoms with E-state index < -0.39 is 0 Å². The zero-order valence-corrected chi connectivity index (χ0v) is 19.1. The zero-order valence-electron chi connectivity index (χ0n) is 16.0. The van der Waals surface area contributed by atoms with E-state index in [-0.39, 0.29) is 24.0 Å². The van der Waals surface area contributed by atoms with Crippen molar-refractivity contribution in [3.63, 3.8) is 0 Å². The predicted molar refractivity (Wildman–Crippen MR) is 123 cm³/mol. The first kappa shape index (κ1) is 22.3. The van der Waals surface area contributed by atoms with Gasteiger partial charge in [-0.15, -0.1) is 35.3 Å². The van der Waals surface area contributed by atoms with Crippen LogP contribution in [0.3, 0.4) is 0 Å². The minimum absolute atomic E-state index is 0. The highest BCUT2D eigenvalue weighted by Crippen LogP contribution is 2.20. The molecular weight excluding hydrogens is 487 g/mol. The van der Waals surface area contributed by atoms with Crippen molar-refractivity contribution in [1.29, 1.82) is 0 Å². The van der Waals surface area contributed by atoms with Crippen LogP contribution >= 0.6 is 35.3 Å². The smallest absolute Gasteiger partial charge is 0.276 e. The van der Waals surface area contributed by atoms with E-state index in [4.69, 9.17) is 4.52 Å². The third kappa shape index (κ3) is 6.55. The van der Waals surface area contributed by atoms with Gasteiger partial charge in [-0.1, -0.05) is 24.2 Å². The van der Waals surface area contributed by atoms with Crippen molar-refractivity contribution in [3.05, 3.63) is 52.6 Å². The lowest BCUT2D eigenvalue weighted by Crippen LogP contribution is -2.38. The monoisotopic (exact) mass is 512 g/mol. The first-order valence-electron chi connectivity index (χ1n) is 9.06. The number of aliphatic imine (C=N–C) groups is 1. The molecule has 0 spiro atoms. The van der Waals surface area contributed by atoms with Gasteiger partial charge in [0, 0.05) is 36.5 Å². The summed E-state index contributed by atoms with van der Waals surface area (Å²) in [6, 6.07) is 9.82. The third-order valence-electron chi connectivity index (χ3n) is 3.89. The van der Waals surface area contributed by atoms with Gasteiger partial charge in [0.1, 0.15) is 5.69 Å². The normalized spacial score (nSPS) is 12.3. The molecule has 0 amide bonds. The van der Waals surface area contributed by atoms with Crippen LogP contribution in [0.15, 0.2) is 51.4 Å². The predicted octanol–water partition coefficient (Wildman–Crippen LogP) is 3.71. The largest absolute Gasteiger partial charge is 0.357 e. The van der Waals surface area contributed by atoms with Gasteiger partial charge in [-0.05, 0) is 30.5 Å². The molecule has 0 aromatic carbocycles. The van der Waals surface area contributed by atoms with Gasteiger partial charge in [-0.3, -0.25) is 9.98 Å². The summed E-state index contributed by atoms with van der Waals surface area (Å²) in [5.41, 5.74) is 0.682. The van der Waals surface area contributed by atoms with Crippen molar-refractivity contribution in [2.45, 2.75) is 26.2 Å². The second kappa shape index (κ2) is 11.7. The number of rotatable bonds is 8. The van der Waals surface area contributed by atoms with Crippen LogP contribution in [0.4, 0.5) is 0 Å². The summed E-state index contributed by atoms with van der Waals surface area (Å²) in [4.78, 5) is 14.6. The number of thiophene rings is 1. The standard InChI is InChI=1S/C19H24N6OS.HI/c1-3-20-19(23-13-14(2)16-8-6-12-27-16)22-11-9-17-24-18(26-25-17)15-7-4-5-10-21-15;/h4-8,10,12,14H,3,9,11,13H2,1-2H3,(H2,20,22,23);1H. The van der Waals surface area contributed by atoms with E-state index in [2.05, 4.69) is 62.1 Å². The van der Waals surface area contributed by atoms with Crippen molar-refractivity contribution >= 4 is 41.3 Å². The molecule has 0 saturated carbocycles. The average Bonchev–Trinajstić information content (AvgIpc) is 3.39. The summed E-state index contributed by atoms with van der Waals surface area (Å²) in [7, 11) is 0. The topological polar surface area (TPSA) is 88.2 Å². The fraction of sp³-hybridized carbons (Fsp3) is 0.368. The minimum atomic E-state index is 0. The van der Waals surface area contributed by atoms with Crippen LogP contribution in [0, 0.1) is 0 Å². The molecule has 0 bridgehead atoms. The summed E-state index contributed by atoms with van der Waals surface area (Å²) in [5.74, 6) is 2.29. The van der Waals surface area contributed by atoms with E-state index in [1.165, 1.54) is 4.88 Å². The lowest BCUT2D eigenvalue weighted by Gasteiger charge is -2.12. The van der Waals surface area contributed by atoms with Crippen LogP contribution in [0.25, 0.3) is 11.6 Å². The van der Waals surface area contributed by atoms with Crippen molar-refractivity contribution in [3.8, 4) is 11.6 Å². The van der Waals surface area contributed by atoms with Gasteiger partial charge in [0.15, 0.2) is 11.8 Å². The van der Waals surface area contributed by atoms with Crippen molar-refractivity contribution in [2.75, 3.05) is 19.6 Å². The molecule has 3 heterocycles. The highest BCUT2D eigenvalue weighted by molar-refractivity contribution is 14.0. The summed E-state index contributed by atoms with van der Waals surface area (Å²) < 4.78 is 5.28. The summed E-state index contributed by atoms with van der Waals surface area (Å²) in [5, 5.41) is 12.7. The quantitative estimate of drug-likeness (QED) is 0.272. The number of aromatic nitrogens is 3. The molecule has 0 aliphatic heterocycles. The summed E-state index contributed by atoms with van der Waals surface area (Å²) in [6.45, 7) is 6.46. The fourth-order valence-electron chi connectivity index (χ4n) is 2.47. The Morgan fingerprint density at radius 2 is 2.14 bits per heavy atom. The molecule has 0 saturated heterocycles. The van der Waals surface area contributed by atoms with Crippen LogP contribution in [0.1, 0.15) is 30.5 Å². The SMILES string of the molecule is CCNC(=NCC(C)c1cccs1)NCCc1noc(-c2ccccn2)n1.I. The number of guanidine groups is 1. The Balaban J connectivity index is 0.00000280. The number of nitrogens with one attached hydrogen (secondary N) is 2. The van der Waals surface area contributed by atoms with E-state index in [1.807, 2.05) is 18.2 Å². The maximum atomic E-state index is 5.28. The Bertz CT molecular complexity index is 837. The number of halogens is 1. The molecule has 0 aliphatic rings. The Kier molecular flexibility index (Phi) is 9.35. The van der Waals surface area contributed by atoms with Crippen molar-refractivity contribution in [2.24, 2.45) is 4.99 Å². The van der Waals surface area contributed by atoms with Crippen LogP contribution in [0.2, 0.25) is 0 Å². The molecule has 2 N–H and O–H groups in total. The van der Waals surface area contributed by atoms with E-state index >= 15 is 0 Å². The molecule has 3 aromatic heterocycles. The van der Waals surface area contributed by atoms with Gasteiger partial charge in [-0.25, -0.2) is 0 Å². The maximum Gasteiger partial charge on any atom is 0.276 e. The molecule has 0 radical (unpaired) electrons. The van der Waals surface area contributed by atoms with Crippen molar-refractivity contribution < 1.29 is 4.52 Å². The highest BCUT2D eigenvalue weighted by atomic mass is 127. The molecule has 1 atom stereocenters. The number of pyridine rings is 1. The Hall–Kier alpha value is -2.01. The third-order valence-corrected chi connectivity index (χ3v) is 4.99. The Morgan fingerprint density at radius 3 is 2.86 bits per heavy atom. The van der Waals surface area contributed by atoms with Gasteiger partial charge in [0.2, 0.25) is 0 Å². The number of hydrogen-bond donors (Lipinski definition) is 2. The lowest BCUT2D eigenvalue weighted by molar-refractivity contribution is 0.421. The minimum Gasteiger partial charge on any atom is -0.357 e. The maximum absolute atomic E-state index is 5.28. The molecular formula is C19H25IN6OS. The molecule has 9 heteroatoms. The molecule has 0 aliphatic carbocycles. The fourth-order valence-corrected chi connectivity index (χ4v) is 3.25. The molecule has 28 heavy (non-hydrogen) atoms. The Labute approximate surface area is 186 Å². The van der Waals surface area contributed by atoms with Gasteiger partial charge >= 0.3 is 0 Å². The van der Waals surface area contributed by atoms with E-state index in [0.29, 0.717) is 36.3 Å². The summed E-state index contributed by atoms with van der Waals surface area (Å²) in [6.07, 6.45) is 2.35. The molecule has 0 fully saturated rings. The van der Waals surface area contributed by atoms with Gasteiger partial charge < -0.3 is 15.2 Å². The second-order valence-electron chi connectivity index (χ2n) is 6.04.